The fourth-order valence-electron chi connectivity index (χ4n) is 3.91. The fraction of sp³-hybridized carbons (Fsp3) is 0.391. The third kappa shape index (κ3) is 5.25. The number of methoxy groups -OCH3 is 1. The molecule has 0 saturated carbocycles. The zero-order chi connectivity index (χ0) is 22.9. The maximum absolute atomic E-state index is 12.6. The van der Waals surface area contributed by atoms with Gasteiger partial charge in [0.15, 0.2) is 0 Å². The van der Waals surface area contributed by atoms with Crippen molar-refractivity contribution in [1.29, 1.82) is 0 Å². The van der Waals surface area contributed by atoms with Crippen molar-refractivity contribution < 1.29 is 14.3 Å². The number of hydrogen-bond acceptors (Lipinski definition) is 4. The van der Waals surface area contributed by atoms with Crippen LogP contribution in [0.2, 0.25) is 10.0 Å². The van der Waals surface area contributed by atoms with Gasteiger partial charge in [-0.15, -0.1) is 11.3 Å². The Bertz CT molecular complexity index is 1050. The highest BCUT2D eigenvalue weighted by molar-refractivity contribution is 7.17. The summed E-state index contributed by atoms with van der Waals surface area (Å²) in [6.07, 6.45) is 5.59. The van der Waals surface area contributed by atoms with Crippen LogP contribution in [0.15, 0.2) is 18.2 Å². The molecule has 3 N–H and O–H groups in total. The predicted octanol–water partition coefficient (Wildman–Crippen LogP) is 5.97. The zero-order valence-corrected chi connectivity index (χ0v) is 20.3. The molecule has 8 heteroatoms. The van der Waals surface area contributed by atoms with E-state index >= 15 is 0 Å². The number of halogens is 2. The summed E-state index contributed by atoms with van der Waals surface area (Å²) in [7, 11) is 1.49. The van der Waals surface area contributed by atoms with E-state index < -0.39 is 5.91 Å². The topological polar surface area (TPSA) is 81.4 Å². The molecular weight excluding hydrogens is 455 g/mol. The predicted molar refractivity (Wildman–Crippen MR) is 128 cm³/mol. The van der Waals surface area contributed by atoms with Gasteiger partial charge in [0.2, 0.25) is 5.91 Å². The molecule has 0 bridgehead atoms. The number of carbonyl (C=O) groups is 2. The van der Waals surface area contributed by atoms with E-state index in [0.29, 0.717) is 37.8 Å². The molecule has 0 fully saturated rings. The van der Waals surface area contributed by atoms with Crippen LogP contribution in [0, 0.1) is 11.3 Å². The molecule has 0 saturated heterocycles. The first-order valence-corrected chi connectivity index (χ1v) is 11.5. The zero-order valence-electron chi connectivity index (χ0n) is 18.0. The van der Waals surface area contributed by atoms with E-state index in [2.05, 4.69) is 26.1 Å². The Morgan fingerprint density at radius 2 is 2.00 bits per heavy atom. The van der Waals surface area contributed by atoms with Gasteiger partial charge in [-0.05, 0) is 54.4 Å². The lowest BCUT2D eigenvalue weighted by Gasteiger charge is -2.33. The first-order valence-electron chi connectivity index (χ1n) is 9.97. The molecule has 166 valence electrons. The second-order valence-electron chi connectivity index (χ2n) is 8.71. The molecule has 1 aliphatic carbocycles. The summed E-state index contributed by atoms with van der Waals surface area (Å²) in [5, 5.41) is 4.11. The summed E-state index contributed by atoms with van der Waals surface area (Å²) in [6.45, 7) is 6.69. The van der Waals surface area contributed by atoms with Gasteiger partial charge in [-0.25, -0.2) is 0 Å². The Kier molecular flexibility index (Phi) is 7.04. The molecule has 2 amide bonds. The van der Waals surface area contributed by atoms with Crippen molar-refractivity contribution in [2.75, 3.05) is 12.4 Å². The smallest absolute Gasteiger partial charge is 0.251 e. The Balaban J connectivity index is 1.85. The summed E-state index contributed by atoms with van der Waals surface area (Å²) >= 11 is 13.6. The average Bonchev–Trinajstić information content (AvgIpc) is 3.02. The number of ether oxygens (including phenoxy) is 1. The summed E-state index contributed by atoms with van der Waals surface area (Å²) < 4.78 is 5.29. The van der Waals surface area contributed by atoms with Crippen molar-refractivity contribution in [1.82, 2.24) is 0 Å². The maximum atomic E-state index is 12.6. The average molecular weight is 481 g/mol. The number of anilines is 1. The number of carbonyl (C=O) groups excluding carboxylic acids is 2. The van der Waals surface area contributed by atoms with Crippen molar-refractivity contribution in [3.8, 4) is 5.75 Å². The minimum Gasteiger partial charge on any atom is -0.495 e. The molecule has 0 unspecified atom stereocenters. The highest BCUT2D eigenvalue weighted by Gasteiger charge is 2.33. The number of nitrogens with one attached hydrogen (secondary N) is 1. The number of thiophene rings is 1. The molecule has 1 heterocycles. The molecule has 1 aliphatic rings. The van der Waals surface area contributed by atoms with Crippen molar-refractivity contribution >= 4 is 57.4 Å². The number of hydrogen-bond donors (Lipinski definition) is 2. The minimum atomic E-state index is -0.519. The van der Waals surface area contributed by atoms with E-state index in [1.165, 1.54) is 24.5 Å². The molecule has 0 radical (unpaired) electrons. The van der Waals surface area contributed by atoms with Crippen molar-refractivity contribution in [2.45, 2.75) is 40.0 Å². The maximum Gasteiger partial charge on any atom is 0.251 e. The van der Waals surface area contributed by atoms with Gasteiger partial charge in [0.1, 0.15) is 10.8 Å². The third-order valence-corrected chi connectivity index (χ3v) is 7.30. The van der Waals surface area contributed by atoms with E-state index in [1.807, 2.05) is 0 Å². The number of nitrogens with two attached hydrogens (primary N) is 1. The molecule has 0 spiro atoms. The molecule has 1 aromatic heterocycles. The van der Waals surface area contributed by atoms with Crippen LogP contribution in [0.1, 0.15) is 53.6 Å². The lowest BCUT2D eigenvalue weighted by atomic mass is 9.72. The van der Waals surface area contributed by atoms with Crippen LogP contribution in [-0.2, 0) is 17.6 Å². The van der Waals surface area contributed by atoms with Crippen LogP contribution >= 0.6 is 34.5 Å². The number of fused-ring (bicyclic) bond motifs is 1. The summed E-state index contributed by atoms with van der Waals surface area (Å²) in [5.41, 5.74) is 7.82. The number of primary amides is 1. The van der Waals surface area contributed by atoms with E-state index in [9.17, 15) is 9.59 Å². The van der Waals surface area contributed by atoms with Crippen LogP contribution < -0.4 is 15.8 Å². The van der Waals surface area contributed by atoms with Gasteiger partial charge in [0, 0.05) is 21.5 Å². The van der Waals surface area contributed by atoms with Gasteiger partial charge in [-0.1, -0.05) is 44.0 Å². The van der Waals surface area contributed by atoms with E-state index in [0.717, 1.165) is 29.7 Å². The lowest BCUT2D eigenvalue weighted by Crippen LogP contribution is -2.27. The molecule has 2 aromatic rings. The van der Waals surface area contributed by atoms with Crippen molar-refractivity contribution in [3.63, 3.8) is 0 Å². The molecule has 5 nitrogen and oxygen atoms in total. The molecular formula is C23H26Cl2N2O3S. The fourth-order valence-corrected chi connectivity index (χ4v) is 5.83. The highest BCUT2D eigenvalue weighted by atomic mass is 35.5. The molecule has 0 aliphatic heterocycles. The molecule has 31 heavy (non-hydrogen) atoms. The Labute approximate surface area is 196 Å². The lowest BCUT2D eigenvalue weighted by molar-refractivity contribution is -0.111. The second-order valence-corrected chi connectivity index (χ2v) is 10.7. The second kappa shape index (κ2) is 9.23. The summed E-state index contributed by atoms with van der Waals surface area (Å²) in [4.78, 5) is 25.9. The number of amides is 2. The van der Waals surface area contributed by atoms with Crippen LogP contribution in [0.25, 0.3) is 6.08 Å². The van der Waals surface area contributed by atoms with E-state index in [4.69, 9.17) is 33.7 Å². The number of rotatable bonds is 5. The molecule has 3 rings (SSSR count). The summed E-state index contributed by atoms with van der Waals surface area (Å²) in [5.74, 6) is 0.0384. The van der Waals surface area contributed by atoms with Gasteiger partial charge in [-0.3, -0.25) is 9.59 Å². The van der Waals surface area contributed by atoms with Gasteiger partial charge < -0.3 is 15.8 Å². The normalized spacial score (nSPS) is 16.3. The molecule has 1 atom stereocenters. The monoisotopic (exact) mass is 480 g/mol. The first-order chi connectivity index (χ1) is 14.5. The largest absolute Gasteiger partial charge is 0.495 e. The van der Waals surface area contributed by atoms with Crippen LogP contribution in [-0.4, -0.2) is 18.9 Å². The van der Waals surface area contributed by atoms with Gasteiger partial charge in [0.25, 0.3) is 5.91 Å². The minimum absolute atomic E-state index is 0.179. The molecule has 1 aromatic carbocycles. The van der Waals surface area contributed by atoms with E-state index in [1.54, 1.807) is 18.2 Å². The Hall–Kier alpha value is -2.02. The van der Waals surface area contributed by atoms with Crippen LogP contribution in [0.3, 0.4) is 0 Å². The van der Waals surface area contributed by atoms with E-state index in [-0.39, 0.29) is 11.3 Å². The Morgan fingerprint density at radius 3 is 2.61 bits per heavy atom. The third-order valence-electron chi connectivity index (χ3n) is 5.63. The van der Waals surface area contributed by atoms with Crippen LogP contribution in [0.4, 0.5) is 5.00 Å². The van der Waals surface area contributed by atoms with Gasteiger partial charge >= 0.3 is 0 Å². The Morgan fingerprint density at radius 1 is 1.29 bits per heavy atom. The quantitative estimate of drug-likeness (QED) is 0.517. The van der Waals surface area contributed by atoms with Gasteiger partial charge in [0.05, 0.1) is 17.7 Å². The highest BCUT2D eigenvalue weighted by Crippen LogP contribution is 2.44. The van der Waals surface area contributed by atoms with Gasteiger partial charge in [-0.2, -0.15) is 0 Å². The van der Waals surface area contributed by atoms with Crippen molar-refractivity contribution in [3.05, 3.63) is 49.8 Å². The van der Waals surface area contributed by atoms with Crippen molar-refractivity contribution in [2.24, 2.45) is 17.1 Å². The number of benzene rings is 1. The standard InChI is InChI=1S/C23H26Cl2N2O3S/c1-23(2,3)13-6-7-15-17(10-13)31-22(19(15)21(26)29)27-18(28)8-5-12-9-14(24)11-16(25)20(12)30-4/h5,8-9,11,13H,6-7,10H2,1-4H3,(H2,26,29)(H,27,28)/b8-5+/t13-/m1/s1. The van der Waals surface area contributed by atoms with Crippen LogP contribution in [0.5, 0.6) is 5.75 Å². The summed E-state index contributed by atoms with van der Waals surface area (Å²) in [6, 6.07) is 3.22. The SMILES string of the molecule is COc1c(Cl)cc(Cl)cc1/C=C/C(=O)Nc1sc2c(c1C(N)=O)CC[C@@H](C(C)(C)C)C2. The first kappa shape index (κ1) is 23.6.